The quantitative estimate of drug-likeness (QED) is 0.596. The highest BCUT2D eigenvalue weighted by molar-refractivity contribution is 6.06. The number of hydrogen-bond donors (Lipinski definition) is 2. The summed E-state index contributed by atoms with van der Waals surface area (Å²) in [6.45, 7) is 3.41. The molecule has 5 nitrogen and oxygen atoms in total. The third kappa shape index (κ3) is 5.44. The van der Waals surface area contributed by atoms with E-state index in [0.29, 0.717) is 17.0 Å². The molecule has 3 aromatic carbocycles. The van der Waals surface area contributed by atoms with Crippen LogP contribution >= 0.6 is 0 Å². The van der Waals surface area contributed by atoms with Crippen molar-refractivity contribution < 1.29 is 18.7 Å². The van der Waals surface area contributed by atoms with Crippen LogP contribution in [0.1, 0.15) is 35.8 Å². The number of amides is 2. The van der Waals surface area contributed by atoms with Crippen LogP contribution in [0.4, 0.5) is 10.1 Å². The molecule has 0 aliphatic rings. The van der Waals surface area contributed by atoms with Crippen LogP contribution in [0.25, 0.3) is 0 Å². The van der Waals surface area contributed by atoms with Crippen molar-refractivity contribution in [3.63, 3.8) is 0 Å². The summed E-state index contributed by atoms with van der Waals surface area (Å²) in [5.41, 5.74) is 1.77. The van der Waals surface area contributed by atoms with Gasteiger partial charge < -0.3 is 15.4 Å². The van der Waals surface area contributed by atoms with Gasteiger partial charge in [0.25, 0.3) is 11.8 Å². The van der Waals surface area contributed by atoms with Crippen LogP contribution in [0.2, 0.25) is 0 Å². The molecule has 0 aromatic heterocycles. The van der Waals surface area contributed by atoms with E-state index in [4.69, 9.17) is 4.74 Å². The Bertz CT molecular complexity index is 1010. The first-order chi connectivity index (χ1) is 14.4. The molecule has 0 fully saturated rings. The molecule has 154 valence electrons. The SMILES string of the molecule is C[C@H](Oc1ccccc1C(=O)Nc1ccccc1)C(=O)N[C@@H](C)c1ccc(F)cc1. The topological polar surface area (TPSA) is 67.4 Å². The van der Waals surface area contributed by atoms with Gasteiger partial charge in [-0.25, -0.2) is 4.39 Å². The molecule has 2 atom stereocenters. The Morgan fingerprint density at radius 2 is 1.50 bits per heavy atom. The molecule has 0 aliphatic carbocycles. The maximum atomic E-state index is 13.1. The van der Waals surface area contributed by atoms with Crippen molar-refractivity contribution in [1.82, 2.24) is 5.32 Å². The number of halogens is 1. The van der Waals surface area contributed by atoms with E-state index in [-0.39, 0.29) is 23.7 Å². The smallest absolute Gasteiger partial charge is 0.261 e. The average molecular weight is 406 g/mol. The summed E-state index contributed by atoms with van der Waals surface area (Å²) in [6.07, 6.45) is -0.835. The summed E-state index contributed by atoms with van der Waals surface area (Å²) < 4.78 is 18.9. The Labute approximate surface area is 174 Å². The predicted octanol–water partition coefficient (Wildman–Crippen LogP) is 4.72. The van der Waals surface area contributed by atoms with Gasteiger partial charge in [-0.15, -0.1) is 0 Å². The minimum absolute atomic E-state index is 0.308. The maximum Gasteiger partial charge on any atom is 0.261 e. The second kappa shape index (κ2) is 9.69. The van der Waals surface area contributed by atoms with Gasteiger partial charge in [0.2, 0.25) is 0 Å². The monoisotopic (exact) mass is 406 g/mol. The minimum atomic E-state index is -0.835. The summed E-state index contributed by atoms with van der Waals surface area (Å²) in [6, 6.07) is 21.5. The van der Waals surface area contributed by atoms with Crippen molar-refractivity contribution in [1.29, 1.82) is 0 Å². The van der Waals surface area contributed by atoms with E-state index in [1.54, 1.807) is 62.4 Å². The zero-order valence-corrected chi connectivity index (χ0v) is 16.8. The molecule has 0 aliphatic heterocycles. The van der Waals surface area contributed by atoms with Crippen LogP contribution in [0.5, 0.6) is 5.75 Å². The second-order valence-electron chi connectivity index (χ2n) is 6.86. The zero-order valence-electron chi connectivity index (χ0n) is 16.8. The summed E-state index contributed by atoms with van der Waals surface area (Å²) in [5, 5.41) is 5.65. The van der Waals surface area contributed by atoms with Crippen molar-refractivity contribution >= 4 is 17.5 Å². The molecular formula is C24H23FN2O3. The van der Waals surface area contributed by atoms with E-state index in [0.717, 1.165) is 5.56 Å². The minimum Gasteiger partial charge on any atom is -0.480 e. The van der Waals surface area contributed by atoms with E-state index < -0.39 is 6.10 Å². The van der Waals surface area contributed by atoms with Crippen molar-refractivity contribution in [2.75, 3.05) is 5.32 Å². The number of benzene rings is 3. The van der Waals surface area contributed by atoms with Gasteiger partial charge in [0, 0.05) is 5.69 Å². The van der Waals surface area contributed by atoms with Crippen LogP contribution in [0.3, 0.4) is 0 Å². The maximum absolute atomic E-state index is 13.1. The number of carbonyl (C=O) groups is 2. The highest BCUT2D eigenvalue weighted by Gasteiger charge is 2.20. The molecule has 0 saturated carbocycles. The fourth-order valence-electron chi connectivity index (χ4n) is 2.89. The number of ether oxygens (including phenoxy) is 1. The van der Waals surface area contributed by atoms with Crippen LogP contribution in [-0.4, -0.2) is 17.9 Å². The number of para-hydroxylation sites is 2. The largest absolute Gasteiger partial charge is 0.480 e. The second-order valence-corrected chi connectivity index (χ2v) is 6.86. The van der Waals surface area contributed by atoms with Crippen molar-refractivity contribution in [3.05, 3.63) is 95.8 Å². The third-order valence-corrected chi connectivity index (χ3v) is 4.57. The summed E-state index contributed by atoms with van der Waals surface area (Å²) in [7, 11) is 0. The summed E-state index contributed by atoms with van der Waals surface area (Å²) in [4.78, 5) is 25.2. The molecule has 30 heavy (non-hydrogen) atoms. The van der Waals surface area contributed by atoms with Crippen molar-refractivity contribution in [3.8, 4) is 5.75 Å². The van der Waals surface area contributed by atoms with Crippen LogP contribution in [0, 0.1) is 5.82 Å². The molecule has 6 heteroatoms. The molecule has 0 saturated heterocycles. The zero-order chi connectivity index (χ0) is 21.5. The van der Waals surface area contributed by atoms with E-state index in [9.17, 15) is 14.0 Å². The summed E-state index contributed by atoms with van der Waals surface area (Å²) in [5.74, 6) is -0.698. The van der Waals surface area contributed by atoms with Gasteiger partial charge in [-0.3, -0.25) is 9.59 Å². The number of anilines is 1. The Morgan fingerprint density at radius 3 is 2.20 bits per heavy atom. The van der Waals surface area contributed by atoms with Gasteiger partial charge >= 0.3 is 0 Å². The van der Waals surface area contributed by atoms with Crippen LogP contribution < -0.4 is 15.4 Å². The van der Waals surface area contributed by atoms with E-state index in [2.05, 4.69) is 10.6 Å². The molecule has 3 aromatic rings. The van der Waals surface area contributed by atoms with Gasteiger partial charge in [0.15, 0.2) is 6.10 Å². The number of carbonyl (C=O) groups excluding carboxylic acids is 2. The van der Waals surface area contributed by atoms with E-state index in [1.165, 1.54) is 12.1 Å². The Kier molecular flexibility index (Phi) is 6.80. The van der Waals surface area contributed by atoms with Crippen LogP contribution in [-0.2, 0) is 4.79 Å². The van der Waals surface area contributed by atoms with Crippen molar-refractivity contribution in [2.24, 2.45) is 0 Å². The van der Waals surface area contributed by atoms with Crippen LogP contribution in [0.15, 0.2) is 78.9 Å². The lowest BCUT2D eigenvalue weighted by Gasteiger charge is -2.20. The molecule has 0 unspecified atom stereocenters. The molecule has 2 amide bonds. The number of rotatable bonds is 7. The third-order valence-electron chi connectivity index (χ3n) is 4.57. The predicted molar refractivity (Wildman–Crippen MR) is 114 cm³/mol. The highest BCUT2D eigenvalue weighted by atomic mass is 19.1. The fourth-order valence-corrected chi connectivity index (χ4v) is 2.89. The molecule has 3 rings (SSSR count). The lowest BCUT2D eigenvalue weighted by atomic mass is 10.1. The lowest BCUT2D eigenvalue weighted by Crippen LogP contribution is -2.38. The molecule has 0 radical (unpaired) electrons. The molecule has 0 spiro atoms. The first-order valence-corrected chi connectivity index (χ1v) is 9.62. The van der Waals surface area contributed by atoms with Crippen molar-refractivity contribution in [2.45, 2.75) is 26.0 Å². The molecule has 0 heterocycles. The van der Waals surface area contributed by atoms with Gasteiger partial charge in [0.1, 0.15) is 11.6 Å². The lowest BCUT2D eigenvalue weighted by molar-refractivity contribution is -0.127. The normalized spacial score (nSPS) is 12.5. The Balaban J connectivity index is 1.66. The first-order valence-electron chi connectivity index (χ1n) is 9.62. The Morgan fingerprint density at radius 1 is 0.867 bits per heavy atom. The van der Waals surface area contributed by atoms with Gasteiger partial charge in [-0.2, -0.15) is 0 Å². The average Bonchev–Trinajstić information content (AvgIpc) is 2.75. The molecular weight excluding hydrogens is 383 g/mol. The summed E-state index contributed by atoms with van der Waals surface area (Å²) >= 11 is 0. The fraction of sp³-hybridized carbons (Fsp3) is 0.167. The molecule has 2 N–H and O–H groups in total. The Hall–Kier alpha value is -3.67. The molecule has 0 bridgehead atoms. The first kappa shape index (κ1) is 21.0. The van der Waals surface area contributed by atoms with Gasteiger partial charge in [-0.05, 0) is 55.8 Å². The van der Waals surface area contributed by atoms with E-state index >= 15 is 0 Å². The standard InChI is InChI=1S/C24H23FN2O3/c1-16(18-12-14-19(25)15-13-18)26-23(28)17(2)30-22-11-7-6-10-21(22)24(29)27-20-8-4-3-5-9-20/h3-17H,1-2H3,(H,26,28)(H,27,29)/t16-,17-/m0/s1. The van der Waals surface area contributed by atoms with Gasteiger partial charge in [0.05, 0.1) is 11.6 Å². The number of hydrogen-bond acceptors (Lipinski definition) is 3. The highest BCUT2D eigenvalue weighted by Crippen LogP contribution is 2.21. The van der Waals surface area contributed by atoms with Gasteiger partial charge in [-0.1, -0.05) is 42.5 Å². The number of nitrogens with one attached hydrogen (secondary N) is 2. The van der Waals surface area contributed by atoms with E-state index in [1.807, 2.05) is 18.2 Å².